The van der Waals surface area contributed by atoms with Crippen LogP contribution in [0.4, 0.5) is 0 Å². The fraction of sp³-hybridized carbons (Fsp3) is 0.643. The Morgan fingerprint density at radius 2 is 2.00 bits per heavy atom. The molecule has 2 heterocycles. The zero-order chi connectivity index (χ0) is 12.4. The number of piperidine rings is 1. The van der Waals surface area contributed by atoms with Crippen molar-refractivity contribution in [3.05, 3.63) is 23.4 Å². The van der Waals surface area contributed by atoms with Gasteiger partial charge in [-0.15, -0.1) is 0 Å². The van der Waals surface area contributed by atoms with E-state index >= 15 is 0 Å². The summed E-state index contributed by atoms with van der Waals surface area (Å²) in [6.45, 7) is 3.60. The topological polar surface area (TPSA) is 25.4 Å². The molecule has 18 heavy (non-hydrogen) atoms. The van der Waals surface area contributed by atoms with Crippen LogP contribution in [0, 0.1) is 5.92 Å². The Morgan fingerprint density at radius 1 is 1.22 bits per heavy atom. The van der Waals surface area contributed by atoms with Crippen molar-refractivity contribution in [2.45, 2.75) is 31.8 Å². The monoisotopic (exact) mass is 266 g/mol. The smallest absolute Gasteiger partial charge is 0.214 e. The highest BCUT2D eigenvalue weighted by atomic mass is 35.5. The molecule has 4 heteroatoms. The van der Waals surface area contributed by atoms with Crippen LogP contribution in [0.5, 0.6) is 5.88 Å². The van der Waals surface area contributed by atoms with Gasteiger partial charge in [-0.3, -0.25) is 0 Å². The first kappa shape index (κ1) is 12.2. The molecule has 0 unspecified atom stereocenters. The lowest BCUT2D eigenvalue weighted by Crippen LogP contribution is -2.39. The van der Waals surface area contributed by atoms with E-state index in [0.717, 1.165) is 31.8 Å². The van der Waals surface area contributed by atoms with Gasteiger partial charge < -0.3 is 9.64 Å². The second kappa shape index (κ2) is 5.45. The molecule has 1 aromatic rings. The molecule has 1 aromatic heterocycles. The number of ether oxygens (including phenoxy) is 1. The molecule has 0 spiro atoms. The number of pyridine rings is 1. The maximum absolute atomic E-state index is 5.88. The van der Waals surface area contributed by atoms with E-state index in [-0.39, 0.29) is 0 Å². The van der Waals surface area contributed by atoms with Gasteiger partial charge in [0.1, 0.15) is 11.3 Å². The Labute approximate surface area is 113 Å². The van der Waals surface area contributed by atoms with Crippen LogP contribution >= 0.6 is 11.6 Å². The van der Waals surface area contributed by atoms with E-state index in [4.69, 9.17) is 16.3 Å². The zero-order valence-corrected chi connectivity index (χ0v) is 11.3. The minimum Gasteiger partial charge on any atom is -0.474 e. The maximum atomic E-state index is 5.88. The highest BCUT2D eigenvalue weighted by molar-refractivity contribution is 6.29. The molecule has 1 aliphatic heterocycles. The minimum atomic E-state index is 0.298. The van der Waals surface area contributed by atoms with Gasteiger partial charge in [0.15, 0.2) is 0 Å². The summed E-state index contributed by atoms with van der Waals surface area (Å²) in [4.78, 5) is 6.75. The Morgan fingerprint density at radius 3 is 2.67 bits per heavy atom. The SMILES string of the molecule is Clc1cccc(OC2CCN(CC3CC3)CC2)n1. The van der Waals surface area contributed by atoms with E-state index in [9.17, 15) is 0 Å². The van der Waals surface area contributed by atoms with Crippen LogP contribution in [0.2, 0.25) is 5.15 Å². The van der Waals surface area contributed by atoms with E-state index in [1.54, 1.807) is 6.07 Å². The first-order valence-corrected chi connectivity index (χ1v) is 7.19. The standard InChI is InChI=1S/C14H19ClN2O/c15-13-2-1-3-14(16-13)18-12-6-8-17(9-7-12)10-11-4-5-11/h1-3,11-12H,4-10H2. The molecule has 1 saturated heterocycles. The quantitative estimate of drug-likeness (QED) is 0.784. The lowest BCUT2D eigenvalue weighted by atomic mass is 10.1. The van der Waals surface area contributed by atoms with Crippen molar-refractivity contribution in [3.63, 3.8) is 0 Å². The van der Waals surface area contributed by atoms with Gasteiger partial charge in [-0.25, -0.2) is 4.98 Å². The van der Waals surface area contributed by atoms with Crippen molar-refractivity contribution in [1.82, 2.24) is 9.88 Å². The van der Waals surface area contributed by atoms with E-state index in [0.29, 0.717) is 17.1 Å². The van der Waals surface area contributed by atoms with Crippen molar-refractivity contribution >= 4 is 11.6 Å². The lowest BCUT2D eigenvalue weighted by molar-refractivity contribution is 0.0945. The molecular formula is C14H19ClN2O. The fourth-order valence-electron chi connectivity index (χ4n) is 2.50. The van der Waals surface area contributed by atoms with E-state index in [1.807, 2.05) is 12.1 Å². The highest BCUT2D eigenvalue weighted by Crippen LogP contribution is 2.30. The third-order valence-electron chi connectivity index (χ3n) is 3.72. The molecule has 3 rings (SSSR count). The predicted molar refractivity (Wildman–Crippen MR) is 72.1 cm³/mol. The van der Waals surface area contributed by atoms with E-state index in [2.05, 4.69) is 9.88 Å². The van der Waals surface area contributed by atoms with Crippen molar-refractivity contribution in [2.24, 2.45) is 5.92 Å². The van der Waals surface area contributed by atoms with Crippen molar-refractivity contribution < 1.29 is 4.74 Å². The van der Waals surface area contributed by atoms with Gasteiger partial charge in [0.05, 0.1) is 0 Å². The zero-order valence-electron chi connectivity index (χ0n) is 10.5. The average Bonchev–Trinajstić information content (AvgIpc) is 3.16. The second-order valence-electron chi connectivity index (χ2n) is 5.36. The third kappa shape index (κ3) is 3.36. The molecule has 0 bridgehead atoms. The highest BCUT2D eigenvalue weighted by Gasteiger charge is 2.27. The van der Waals surface area contributed by atoms with Gasteiger partial charge >= 0.3 is 0 Å². The average molecular weight is 267 g/mol. The number of hydrogen-bond acceptors (Lipinski definition) is 3. The Hall–Kier alpha value is -0.800. The molecule has 0 amide bonds. The van der Waals surface area contributed by atoms with Gasteiger partial charge in [-0.1, -0.05) is 17.7 Å². The summed E-state index contributed by atoms with van der Waals surface area (Å²) in [7, 11) is 0. The summed E-state index contributed by atoms with van der Waals surface area (Å²) in [5, 5.41) is 0.499. The summed E-state index contributed by atoms with van der Waals surface area (Å²) >= 11 is 5.85. The first-order valence-electron chi connectivity index (χ1n) is 6.81. The normalized spacial score (nSPS) is 22.1. The van der Waals surface area contributed by atoms with Crippen LogP contribution in [0.15, 0.2) is 18.2 Å². The molecule has 2 aliphatic rings. The molecule has 0 radical (unpaired) electrons. The minimum absolute atomic E-state index is 0.298. The maximum Gasteiger partial charge on any atom is 0.214 e. The second-order valence-corrected chi connectivity index (χ2v) is 5.75. The molecule has 3 nitrogen and oxygen atoms in total. The molecule has 0 aromatic carbocycles. The van der Waals surface area contributed by atoms with E-state index in [1.165, 1.54) is 19.4 Å². The largest absolute Gasteiger partial charge is 0.474 e. The Kier molecular flexibility index (Phi) is 3.71. The molecule has 0 N–H and O–H groups in total. The first-order chi connectivity index (χ1) is 8.79. The molecule has 0 atom stereocenters. The molecule has 1 aliphatic carbocycles. The number of halogens is 1. The Balaban J connectivity index is 1.47. The predicted octanol–water partition coefficient (Wildman–Crippen LogP) is 2.99. The number of aromatic nitrogens is 1. The summed E-state index contributed by atoms with van der Waals surface area (Å²) in [6.07, 6.45) is 5.36. The van der Waals surface area contributed by atoms with Crippen LogP contribution in [0.3, 0.4) is 0 Å². The van der Waals surface area contributed by atoms with Crippen LogP contribution in [0.1, 0.15) is 25.7 Å². The van der Waals surface area contributed by atoms with Crippen molar-refractivity contribution in [2.75, 3.05) is 19.6 Å². The fourth-order valence-corrected chi connectivity index (χ4v) is 2.66. The molecule has 2 fully saturated rings. The summed E-state index contributed by atoms with van der Waals surface area (Å²) in [5.41, 5.74) is 0. The van der Waals surface area contributed by atoms with E-state index < -0.39 is 0 Å². The van der Waals surface area contributed by atoms with Crippen LogP contribution in [0.25, 0.3) is 0 Å². The number of hydrogen-bond donors (Lipinski definition) is 0. The van der Waals surface area contributed by atoms with Crippen LogP contribution in [-0.4, -0.2) is 35.6 Å². The lowest BCUT2D eigenvalue weighted by Gasteiger charge is -2.31. The van der Waals surface area contributed by atoms with Gasteiger partial charge in [-0.2, -0.15) is 0 Å². The summed E-state index contributed by atoms with van der Waals surface area (Å²) in [6, 6.07) is 5.53. The van der Waals surface area contributed by atoms with Crippen molar-refractivity contribution in [3.8, 4) is 5.88 Å². The summed E-state index contributed by atoms with van der Waals surface area (Å²) < 4.78 is 5.88. The van der Waals surface area contributed by atoms with Gasteiger partial charge in [0.25, 0.3) is 0 Å². The summed E-state index contributed by atoms with van der Waals surface area (Å²) in [5.74, 6) is 1.64. The number of likely N-dealkylation sites (tertiary alicyclic amines) is 1. The van der Waals surface area contributed by atoms with Crippen molar-refractivity contribution in [1.29, 1.82) is 0 Å². The molecular weight excluding hydrogens is 248 g/mol. The van der Waals surface area contributed by atoms with Crippen LogP contribution in [-0.2, 0) is 0 Å². The van der Waals surface area contributed by atoms with Gasteiger partial charge in [0, 0.05) is 25.7 Å². The Bertz CT molecular complexity index is 401. The molecule has 1 saturated carbocycles. The van der Waals surface area contributed by atoms with Gasteiger partial charge in [0.2, 0.25) is 5.88 Å². The molecule has 98 valence electrons. The number of rotatable bonds is 4. The number of nitrogens with zero attached hydrogens (tertiary/aromatic N) is 2. The van der Waals surface area contributed by atoms with Crippen LogP contribution < -0.4 is 4.74 Å². The van der Waals surface area contributed by atoms with Gasteiger partial charge in [-0.05, 0) is 37.7 Å². The third-order valence-corrected chi connectivity index (χ3v) is 3.94.